The second kappa shape index (κ2) is 6.08. The number of ether oxygens (including phenoxy) is 1. The van der Waals surface area contributed by atoms with E-state index in [4.69, 9.17) is 9.88 Å². The van der Waals surface area contributed by atoms with Gasteiger partial charge < -0.3 is 10.1 Å². The average molecular weight is 316 g/mol. The van der Waals surface area contributed by atoms with Crippen molar-refractivity contribution in [1.29, 1.82) is 0 Å². The lowest BCUT2D eigenvalue weighted by Crippen LogP contribution is -2.47. The van der Waals surface area contributed by atoms with Gasteiger partial charge in [-0.15, -0.1) is 0 Å². The van der Waals surface area contributed by atoms with Gasteiger partial charge in [0.2, 0.25) is 10.0 Å². The fourth-order valence-corrected chi connectivity index (χ4v) is 2.82. The van der Waals surface area contributed by atoms with Gasteiger partial charge in [-0.25, -0.2) is 17.9 Å². The number of primary sulfonamides is 1. The fourth-order valence-electron chi connectivity index (χ4n) is 2.19. The van der Waals surface area contributed by atoms with Crippen LogP contribution in [0.5, 0.6) is 0 Å². The number of halogens is 1. The highest BCUT2D eigenvalue weighted by Crippen LogP contribution is 2.24. The van der Waals surface area contributed by atoms with E-state index in [0.29, 0.717) is 19.4 Å². The Balaban J connectivity index is 2.04. The monoisotopic (exact) mass is 316 g/mol. The summed E-state index contributed by atoms with van der Waals surface area (Å²) in [7, 11) is -4.20. The number of carbonyl (C=O) groups excluding carboxylic acids is 1. The second-order valence-electron chi connectivity index (χ2n) is 4.91. The van der Waals surface area contributed by atoms with E-state index in [2.05, 4.69) is 5.32 Å². The van der Waals surface area contributed by atoms with Crippen molar-refractivity contribution in [3.63, 3.8) is 0 Å². The first-order valence-electron chi connectivity index (χ1n) is 6.56. The smallest absolute Gasteiger partial charge is 0.251 e. The summed E-state index contributed by atoms with van der Waals surface area (Å²) in [4.78, 5) is 11.3. The largest absolute Gasteiger partial charge is 0.378 e. The molecule has 0 heterocycles. The molecule has 0 radical (unpaired) electrons. The van der Waals surface area contributed by atoms with Crippen molar-refractivity contribution in [2.75, 3.05) is 6.61 Å². The molecular formula is C13H17FN2O4S. The molecule has 21 heavy (non-hydrogen) atoms. The Morgan fingerprint density at radius 3 is 2.71 bits per heavy atom. The molecule has 1 aliphatic rings. The zero-order valence-corrected chi connectivity index (χ0v) is 12.3. The molecule has 0 aromatic heterocycles. The number of hydrogen-bond acceptors (Lipinski definition) is 4. The Bertz CT molecular complexity index is 642. The molecule has 6 nitrogen and oxygen atoms in total. The van der Waals surface area contributed by atoms with Crippen LogP contribution >= 0.6 is 0 Å². The van der Waals surface area contributed by atoms with Crippen molar-refractivity contribution in [2.45, 2.75) is 36.8 Å². The van der Waals surface area contributed by atoms with Gasteiger partial charge in [-0.2, -0.15) is 0 Å². The lowest BCUT2D eigenvalue weighted by atomic mass is 9.89. The van der Waals surface area contributed by atoms with E-state index in [9.17, 15) is 17.6 Å². The molecule has 8 heteroatoms. The third kappa shape index (κ3) is 3.78. The number of rotatable bonds is 5. The van der Waals surface area contributed by atoms with Crippen LogP contribution in [-0.2, 0) is 14.8 Å². The maximum atomic E-state index is 13.4. The molecule has 116 valence electrons. The molecule has 3 N–H and O–H groups in total. The van der Waals surface area contributed by atoms with Crippen LogP contribution in [0, 0.1) is 5.82 Å². The van der Waals surface area contributed by atoms with Gasteiger partial charge in [-0.3, -0.25) is 4.79 Å². The maximum absolute atomic E-state index is 13.4. The van der Waals surface area contributed by atoms with Gasteiger partial charge >= 0.3 is 0 Å². The van der Waals surface area contributed by atoms with Gasteiger partial charge in [0.1, 0.15) is 10.7 Å². The molecule has 1 aromatic carbocycles. The Kier molecular flexibility index (Phi) is 4.60. The Hall–Kier alpha value is -1.51. The number of sulfonamides is 1. The molecule has 0 spiro atoms. The molecular weight excluding hydrogens is 299 g/mol. The van der Waals surface area contributed by atoms with Crippen LogP contribution in [-0.4, -0.2) is 33.1 Å². The van der Waals surface area contributed by atoms with E-state index in [-0.39, 0.29) is 17.7 Å². The van der Waals surface area contributed by atoms with Crippen molar-refractivity contribution in [3.8, 4) is 0 Å². The third-order valence-corrected chi connectivity index (χ3v) is 4.26. The summed E-state index contributed by atoms with van der Waals surface area (Å²) in [5.74, 6) is -1.44. The van der Waals surface area contributed by atoms with Crippen LogP contribution in [0.15, 0.2) is 23.1 Å². The summed E-state index contributed by atoms with van der Waals surface area (Å²) in [6.07, 6.45) is 1.57. The molecule has 1 amide bonds. The van der Waals surface area contributed by atoms with E-state index in [1.165, 1.54) is 6.07 Å². The van der Waals surface area contributed by atoms with Gasteiger partial charge in [0, 0.05) is 18.2 Å². The number of nitrogens with one attached hydrogen (secondary N) is 1. The standard InChI is InChI=1S/C13H17FN2O4S/c1-2-20-10-6-9(7-10)16-13(17)8-3-4-11(14)12(5-8)21(15,18)19/h3-5,9-10H,2,6-7H2,1H3,(H,16,17)(H2,15,18,19). The predicted molar refractivity (Wildman–Crippen MR) is 73.7 cm³/mol. The Labute approximate surface area is 122 Å². The molecule has 1 fully saturated rings. The fraction of sp³-hybridized carbons (Fsp3) is 0.462. The summed E-state index contributed by atoms with van der Waals surface area (Å²) in [5, 5.41) is 7.64. The Morgan fingerprint density at radius 1 is 1.48 bits per heavy atom. The van der Waals surface area contributed by atoms with E-state index in [1.54, 1.807) is 0 Å². The van der Waals surface area contributed by atoms with Gasteiger partial charge in [0.15, 0.2) is 0 Å². The first kappa shape index (κ1) is 15.9. The average Bonchev–Trinajstić information content (AvgIpc) is 2.35. The SMILES string of the molecule is CCOC1CC(NC(=O)c2ccc(F)c(S(N)(=O)=O)c2)C1. The first-order chi connectivity index (χ1) is 9.81. The van der Waals surface area contributed by atoms with Gasteiger partial charge in [-0.1, -0.05) is 0 Å². The Morgan fingerprint density at radius 2 is 2.14 bits per heavy atom. The van der Waals surface area contributed by atoms with E-state index < -0.39 is 26.6 Å². The maximum Gasteiger partial charge on any atom is 0.251 e. The van der Waals surface area contributed by atoms with Crippen LogP contribution in [0.1, 0.15) is 30.1 Å². The number of benzene rings is 1. The molecule has 0 unspecified atom stereocenters. The summed E-state index contributed by atoms with van der Waals surface area (Å²) in [6.45, 7) is 2.53. The topological polar surface area (TPSA) is 98.5 Å². The molecule has 1 aliphatic carbocycles. The molecule has 0 saturated heterocycles. The summed E-state index contributed by atoms with van der Waals surface area (Å²) in [5.41, 5.74) is 0.0558. The number of hydrogen-bond donors (Lipinski definition) is 2. The zero-order chi connectivity index (χ0) is 15.6. The zero-order valence-electron chi connectivity index (χ0n) is 11.5. The van der Waals surface area contributed by atoms with Gasteiger partial charge in [0.25, 0.3) is 5.91 Å². The molecule has 0 bridgehead atoms. The molecule has 1 saturated carbocycles. The van der Waals surface area contributed by atoms with Crippen LogP contribution < -0.4 is 10.5 Å². The molecule has 1 aromatic rings. The normalized spacial score (nSPS) is 21.7. The molecule has 2 rings (SSSR count). The van der Waals surface area contributed by atoms with Crippen molar-refractivity contribution in [2.24, 2.45) is 5.14 Å². The highest BCUT2D eigenvalue weighted by molar-refractivity contribution is 7.89. The minimum atomic E-state index is -4.20. The number of amides is 1. The van der Waals surface area contributed by atoms with Crippen molar-refractivity contribution >= 4 is 15.9 Å². The number of carbonyl (C=O) groups is 1. The highest BCUT2D eigenvalue weighted by Gasteiger charge is 2.31. The minimum absolute atomic E-state index is 0.0166. The van der Waals surface area contributed by atoms with Crippen LogP contribution in [0.3, 0.4) is 0 Å². The molecule has 0 atom stereocenters. The summed E-state index contributed by atoms with van der Waals surface area (Å²) < 4.78 is 41.2. The quantitative estimate of drug-likeness (QED) is 0.838. The minimum Gasteiger partial charge on any atom is -0.378 e. The highest BCUT2D eigenvalue weighted by atomic mass is 32.2. The summed E-state index contributed by atoms with van der Waals surface area (Å²) in [6, 6.07) is 3.06. The van der Waals surface area contributed by atoms with Crippen molar-refractivity contribution in [1.82, 2.24) is 5.32 Å². The van der Waals surface area contributed by atoms with Gasteiger partial charge in [0.05, 0.1) is 6.10 Å². The van der Waals surface area contributed by atoms with Crippen LogP contribution in [0.25, 0.3) is 0 Å². The predicted octanol–water partition coefficient (Wildman–Crippen LogP) is 0.770. The first-order valence-corrected chi connectivity index (χ1v) is 8.10. The lowest BCUT2D eigenvalue weighted by Gasteiger charge is -2.35. The van der Waals surface area contributed by atoms with E-state index >= 15 is 0 Å². The second-order valence-corrected chi connectivity index (χ2v) is 6.44. The van der Waals surface area contributed by atoms with Crippen molar-refractivity contribution < 1.29 is 22.3 Å². The number of nitrogens with two attached hydrogens (primary N) is 1. The summed E-state index contributed by atoms with van der Waals surface area (Å²) >= 11 is 0. The van der Waals surface area contributed by atoms with Crippen LogP contribution in [0.4, 0.5) is 4.39 Å². The lowest BCUT2D eigenvalue weighted by molar-refractivity contribution is -0.00862. The van der Waals surface area contributed by atoms with Crippen molar-refractivity contribution in [3.05, 3.63) is 29.6 Å². The molecule has 0 aliphatic heterocycles. The van der Waals surface area contributed by atoms with E-state index in [0.717, 1.165) is 12.1 Å². The van der Waals surface area contributed by atoms with Crippen LogP contribution in [0.2, 0.25) is 0 Å². The van der Waals surface area contributed by atoms with E-state index in [1.807, 2.05) is 6.92 Å². The van der Waals surface area contributed by atoms with Gasteiger partial charge in [-0.05, 0) is 38.0 Å². The third-order valence-electron chi connectivity index (χ3n) is 3.33.